The Morgan fingerprint density at radius 1 is 1.53 bits per heavy atom. The lowest BCUT2D eigenvalue weighted by atomic mass is 9.78. The van der Waals surface area contributed by atoms with Gasteiger partial charge in [0, 0.05) is 12.1 Å². The van der Waals surface area contributed by atoms with E-state index in [1.807, 2.05) is 0 Å². The predicted molar refractivity (Wildman–Crippen MR) is 54.1 cm³/mol. The first-order valence-corrected chi connectivity index (χ1v) is 4.36. The number of hydrogen-bond donors (Lipinski definition) is 1. The Hall–Kier alpha value is -0.680. The highest BCUT2D eigenvalue weighted by Gasteiger charge is 2.42. The molecule has 1 saturated heterocycles. The SMILES string of the molecule is COC(=O)C1(C)CNCCC1=C(F)F.Cl. The maximum atomic E-state index is 12.6. The summed E-state index contributed by atoms with van der Waals surface area (Å²) in [5, 5.41) is 2.91. The van der Waals surface area contributed by atoms with Crippen LogP contribution in [0.3, 0.4) is 0 Å². The highest BCUT2D eigenvalue weighted by Crippen LogP contribution is 2.35. The van der Waals surface area contributed by atoms with Crippen molar-refractivity contribution in [3.8, 4) is 0 Å². The predicted octanol–water partition coefficient (Wildman–Crippen LogP) is 1.73. The van der Waals surface area contributed by atoms with Crippen molar-refractivity contribution in [1.29, 1.82) is 0 Å². The van der Waals surface area contributed by atoms with Gasteiger partial charge in [-0.2, -0.15) is 8.78 Å². The number of carbonyl (C=O) groups excluding carboxylic acids is 1. The number of rotatable bonds is 1. The standard InChI is InChI=1S/C9H13F2NO2.ClH/c1-9(8(13)14-2)5-12-4-3-6(9)7(10)11;/h12H,3-5H2,1-2H3;1H. The monoisotopic (exact) mass is 241 g/mol. The van der Waals surface area contributed by atoms with E-state index in [0.29, 0.717) is 6.54 Å². The van der Waals surface area contributed by atoms with Gasteiger partial charge in [-0.05, 0) is 19.9 Å². The van der Waals surface area contributed by atoms with E-state index in [2.05, 4.69) is 10.1 Å². The van der Waals surface area contributed by atoms with Crippen molar-refractivity contribution >= 4 is 18.4 Å². The van der Waals surface area contributed by atoms with Crippen LogP contribution in [0, 0.1) is 5.41 Å². The molecule has 0 aromatic carbocycles. The molecule has 1 fully saturated rings. The van der Waals surface area contributed by atoms with Crippen LogP contribution in [-0.4, -0.2) is 26.2 Å². The van der Waals surface area contributed by atoms with Crippen LogP contribution in [0.25, 0.3) is 0 Å². The van der Waals surface area contributed by atoms with Gasteiger partial charge in [0.25, 0.3) is 6.08 Å². The molecule has 0 amide bonds. The molecular formula is C9H14ClF2NO2. The minimum absolute atomic E-state index is 0. The van der Waals surface area contributed by atoms with Crippen molar-refractivity contribution in [3.63, 3.8) is 0 Å². The summed E-state index contributed by atoms with van der Waals surface area (Å²) < 4.78 is 29.6. The van der Waals surface area contributed by atoms with E-state index in [1.165, 1.54) is 14.0 Å². The van der Waals surface area contributed by atoms with Crippen molar-refractivity contribution in [3.05, 3.63) is 11.7 Å². The van der Waals surface area contributed by atoms with Gasteiger partial charge >= 0.3 is 5.97 Å². The van der Waals surface area contributed by atoms with Crippen LogP contribution < -0.4 is 5.32 Å². The number of methoxy groups -OCH3 is 1. The molecule has 1 unspecified atom stereocenters. The van der Waals surface area contributed by atoms with E-state index < -0.39 is 17.5 Å². The zero-order valence-corrected chi connectivity index (χ0v) is 9.42. The van der Waals surface area contributed by atoms with Crippen molar-refractivity contribution in [2.75, 3.05) is 20.2 Å². The van der Waals surface area contributed by atoms with E-state index in [4.69, 9.17) is 0 Å². The molecular weight excluding hydrogens is 228 g/mol. The van der Waals surface area contributed by atoms with Crippen LogP contribution >= 0.6 is 12.4 Å². The first-order chi connectivity index (χ1) is 6.52. The third-order valence-corrected chi connectivity index (χ3v) is 2.56. The van der Waals surface area contributed by atoms with Crippen LogP contribution in [0.4, 0.5) is 8.78 Å². The van der Waals surface area contributed by atoms with E-state index in [-0.39, 0.29) is 30.9 Å². The number of carbonyl (C=O) groups is 1. The lowest BCUT2D eigenvalue weighted by Crippen LogP contribution is -2.46. The van der Waals surface area contributed by atoms with Gasteiger partial charge in [-0.25, -0.2) is 0 Å². The smallest absolute Gasteiger partial charge is 0.317 e. The molecule has 3 nitrogen and oxygen atoms in total. The summed E-state index contributed by atoms with van der Waals surface area (Å²) in [6.45, 7) is 2.14. The lowest BCUT2D eigenvalue weighted by molar-refractivity contribution is -0.150. The second-order valence-corrected chi connectivity index (χ2v) is 3.49. The Labute approximate surface area is 93.3 Å². The van der Waals surface area contributed by atoms with Crippen molar-refractivity contribution < 1.29 is 18.3 Å². The Kier molecular flexibility index (Phi) is 5.17. The third kappa shape index (κ3) is 2.66. The van der Waals surface area contributed by atoms with Gasteiger partial charge in [-0.1, -0.05) is 0 Å². The molecule has 1 N–H and O–H groups in total. The topological polar surface area (TPSA) is 38.3 Å². The first kappa shape index (κ1) is 14.3. The van der Waals surface area contributed by atoms with Crippen LogP contribution in [0.2, 0.25) is 0 Å². The summed E-state index contributed by atoms with van der Waals surface area (Å²) in [6.07, 6.45) is -1.58. The zero-order valence-electron chi connectivity index (χ0n) is 8.60. The van der Waals surface area contributed by atoms with E-state index in [0.717, 1.165) is 0 Å². The van der Waals surface area contributed by atoms with E-state index in [1.54, 1.807) is 0 Å². The molecule has 1 aliphatic rings. The van der Waals surface area contributed by atoms with Gasteiger partial charge in [-0.15, -0.1) is 12.4 Å². The fraction of sp³-hybridized carbons (Fsp3) is 0.667. The normalized spacial score (nSPS) is 25.5. The molecule has 15 heavy (non-hydrogen) atoms. The summed E-state index contributed by atoms with van der Waals surface area (Å²) in [5.74, 6) is -0.618. The molecule has 1 heterocycles. The highest BCUT2D eigenvalue weighted by molar-refractivity contribution is 5.85. The summed E-state index contributed by atoms with van der Waals surface area (Å²) in [6, 6.07) is 0. The summed E-state index contributed by atoms with van der Waals surface area (Å²) >= 11 is 0. The van der Waals surface area contributed by atoms with Crippen LogP contribution in [0.15, 0.2) is 11.7 Å². The van der Waals surface area contributed by atoms with Gasteiger partial charge in [0.2, 0.25) is 0 Å². The average Bonchev–Trinajstić information content (AvgIpc) is 2.16. The van der Waals surface area contributed by atoms with E-state index in [9.17, 15) is 13.6 Å². The van der Waals surface area contributed by atoms with Gasteiger partial charge in [-0.3, -0.25) is 4.79 Å². The molecule has 0 radical (unpaired) electrons. The van der Waals surface area contributed by atoms with Gasteiger partial charge in [0.15, 0.2) is 0 Å². The molecule has 0 aromatic rings. The Morgan fingerprint density at radius 3 is 2.60 bits per heavy atom. The quantitative estimate of drug-likeness (QED) is 0.711. The van der Waals surface area contributed by atoms with Gasteiger partial charge < -0.3 is 10.1 Å². The molecule has 88 valence electrons. The molecule has 1 aliphatic heterocycles. The number of piperidine rings is 1. The van der Waals surface area contributed by atoms with Crippen molar-refractivity contribution in [1.82, 2.24) is 5.32 Å². The number of ether oxygens (including phenoxy) is 1. The molecule has 0 aliphatic carbocycles. The van der Waals surface area contributed by atoms with Crippen molar-refractivity contribution in [2.45, 2.75) is 13.3 Å². The zero-order chi connectivity index (χ0) is 10.8. The minimum atomic E-state index is -1.76. The second-order valence-electron chi connectivity index (χ2n) is 3.49. The molecule has 1 rings (SSSR count). The van der Waals surface area contributed by atoms with Crippen LogP contribution in [0.5, 0.6) is 0 Å². The van der Waals surface area contributed by atoms with Gasteiger partial charge in [0.1, 0.15) is 5.41 Å². The molecule has 0 spiro atoms. The Bertz CT molecular complexity index is 279. The number of hydrogen-bond acceptors (Lipinski definition) is 3. The minimum Gasteiger partial charge on any atom is -0.468 e. The fourth-order valence-corrected chi connectivity index (χ4v) is 1.66. The largest absolute Gasteiger partial charge is 0.468 e. The molecule has 0 aromatic heterocycles. The second kappa shape index (κ2) is 5.42. The molecule has 0 bridgehead atoms. The fourth-order valence-electron chi connectivity index (χ4n) is 1.66. The van der Waals surface area contributed by atoms with Gasteiger partial charge in [0.05, 0.1) is 7.11 Å². The highest BCUT2D eigenvalue weighted by atomic mass is 35.5. The average molecular weight is 242 g/mol. The summed E-state index contributed by atoms with van der Waals surface area (Å²) in [5.41, 5.74) is -1.32. The first-order valence-electron chi connectivity index (χ1n) is 4.36. The summed E-state index contributed by atoms with van der Waals surface area (Å²) in [4.78, 5) is 11.4. The van der Waals surface area contributed by atoms with Crippen LogP contribution in [-0.2, 0) is 9.53 Å². The van der Waals surface area contributed by atoms with Crippen molar-refractivity contribution in [2.24, 2.45) is 5.41 Å². The maximum Gasteiger partial charge on any atom is 0.317 e. The molecule has 0 saturated carbocycles. The molecule has 6 heteroatoms. The van der Waals surface area contributed by atoms with E-state index >= 15 is 0 Å². The Morgan fingerprint density at radius 2 is 2.13 bits per heavy atom. The third-order valence-electron chi connectivity index (χ3n) is 2.56. The number of esters is 1. The molecule has 1 atom stereocenters. The maximum absolute atomic E-state index is 12.6. The Balaban J connectivity index is 0.00000196. The number of halogens is 3. The lowest BCUT2D eigenvalue weighted by Gasteiger charge is -2.33. The number of nitrogens with one attached hydrogen (secondary N) is 1. The van der Waals surface area contributed by atoms with Crippen LogP contribution in [0.1, 0.15) is 13.3 Å². The summed E-state index contributed by atoms with van der Waals surface area (Å²) in [7, 11) is 1.20.